The number of anilines is 1. The maximum atomic E-state index is 9.19. The molecule has 106 valence electrons. The average Bonchev–Trinajstić information content (AvgIpc) is 2.32. The zero-order valence-electron chi connectivity index (χ0n) is 12.6. The molecule has 1 aromatic rings. The number of nitrogens with zero attached hydrogens (tertiary/aromatic N) is 2. The molecule has 1 heterocycles. The lowest BCUT2D eigenvalue weighted by Gasteiger charge is -2.41. The third-order valence-corrected chi connectivity index (χ3v) is 4.19. The van der Waals surface area contributed by atoms with Crippen LogP contribution in [0.5, 0.6) is 0 Å². The van der Waals surface area contributed by atoms with Gasteiger partial charge in [0, 0.05) is 38.0 Å². The molecule has 1 aliphatic heterocycles. The lowest BCUT2D eigenvalue weighted by molar-refractivity contribution is 0.171. The highest BCUT2D eigenvalue weighted by Gasteiger charge is 2.25. The molecule has 2 rings (SSSR count). The Kier molecular flexibility index (Phi) is 4.48. The van der Waals surface area contributed by atoms with Gasteiger partial charge in [0.15, 0.2) is 0 Å². The van der Waals surface area contributed by atoms with Crippen molar-refractivity contribution in [3.05, 3.63) is 28.8 Å². The number of benzene rings is 1. The highest BCUT2D eigenvalue weighted by Crippen LogP contribution is 2.28. The molecule has 0 saturated carbocycles. The van der Waals surface area contributed by atoms with Crippen molar-refractivity contribution in [2.75, 3.05) is 38.2 Å². The zero-order chi connectivity index (χ0) is 14.0. The third kappa shape index (κ3) is 3.10. The average molecular weight is 262 g/mol. The molecule has 0 aromatic heterocycles. The second kappa shape index (κ2) is 5.93. The van der Waals surface area contributed by atoms with E-state index in [0.717, 1.165) is 26.1 Å². The van der Waals surface area contributed by atoms with E-state index in [1.54, 1.807) is 0 Å². The van der Waals surface area contributed by atoms with E-state index >= 15 is 0 Å². The molecule has 0 aliphatic carbocycles. The first kappa shape index (κ1) is 14.4. The third-order valence-electron chi connectivity index (χ3n) is 4.19. The van der Waals surface area contributed by atoms with Crippen LogP contribution in [-0.4, -0.2) is 49.3 Å². The summed E-state index contributed by atoms with van der Waals surface area (Å²) in [4.78, 5) is 4.86. The second-order valence-electron chi connectivity index (χ2n) is 5.84. The van der Waals surface area contributed by atoms with Gasteiger partial charge in [0.1, 0.15) is 0 Å². The van der Waals surface area contributed by atoms with Crippen LogP contribution < -0.4 is 4.90 Å². The molecular weight excluding hydrogens is 236 g/mol. The molecule has 1 atom stereocenters. The number of hydrogen-bond acceptors (Lipinski definition) is 3. The van der Waals surface area contributed by atoms with Crippen LogP contribution >= 0.6 is 0 Å². The number of aryl methyl sites for hydroxylation is 3. The van der Waals surface area contributed by atoms with Gasteiger partial charge < -0.3 is 10.0 Å². The van der Waals surface area contributed by atoms with Crippen LogP contribution in [0.25, 0.3) is 0 Å². The molecule has 0 bridgehead atoms. The van der Waals surface area contributed by atoms with Gasteiger partial charge in [-0.05, 0) is 45.4 Å². The molecule has 3 heteroatoms. The molecule has 1 fully saturated rings. The van der Waals surface area contributed by atoms with E-state index in [9.17, 15) is 5.11 Å². The van der Waals surface area contributed by atoms with Crippen molar-refractivity contribution in [2.24, 2.45) is 0 Å². The Labute approximate surface area is 116 Å². The fraction of sp³-hybridized carbons (Fsp3) is 0.625. The van der Waals surface area contributed by atoms with Gasteiger partial charge in [0.2, 0.25) is 0 Å². The summed E-state index contributed by atoms with van der Waals surface area (Å²) in [6.07, 6.45) is 0.858. The first-order valence-corrected chi connectivity index (χ1v) is 7.17. The molecule has 3 nitrogen and oxygen atoms in total. The Morgan fingerprint density at radius 2 is 1.79 bits per heavy atom. The fourth-order valence-corrected chi connectivity index (χ4v) is 3.28. The number of hydrogen-bond donors (Lipinski definition) is 1. The largest absolute Gasteiger partial charge is 0.396 e. The summed E-state index contributed by atoms with van der Waals surface area (Å²) in [5, 5.41) is 9.19. The van der Waals surface area contributed by atoms with Crippen LogP contribution in [0.15, 0.2) is 12.1 Å². The van der Waals surface area contributed by atoms with E-state index in [0.29, 0.717) is 6.04 Å². The molecule has 0 amide bonds. The molecular formula is C16H26N2O. The van der Waals surface area contributed by atoms with Crippen LogP contribution in [0.1, 0.15) is 23.1 Å². The predicted molar refractivity (Wildman–Crippen MR) is 81.0 cm³/mol. The van der Waals surface area contributed by atoms with E-state index in [1.165, 1.54) is 22.4 Å². The molecule has 19 heavy (non-hydrogen) atoms. The normalized spacial score (nSPS) is 20.9. The lowest BCUT2D eigenvalue weighted by Crippen LogP contribution is -2.52. The first-order chi connectivity index (χ1) is 9.02. The molecule has 1 aliphatic rings. The molecule has 0 spiro atoms. The smallest absolute Gasteiger partial charge is 0.0446 e. The van der Waals surface area contributed by atoms with Crippen LogP contribution in [0.2, 0.25) is 0 Å². The van der Waals surface area contributed by atoms with Crippen molar-refractivity contribution >= 4 is 5.69 Å². The highest BCUT2D eigenvalue weighted by atomic mass is 16.3. The zero-order valence-corrected chi connectivity index (χ0v) is 12.6. The molecule has 1 unspecified atom stereocenters. The molecule has 1 saturated heterocycles. The number of rotatable bonds is 3. The van der Waals surface area contributed by atoms with Crippen molar-refractivity contribution in [1.82, 2.24) is 4.90 Å². The highest BCUT2D eigenvalue weighted by molar-refractivity contribution is 5.60. The summed E-state index contributed by atoms with van der Waals surface area (Å²) >= 11 is 0. The SMILES string of the molecule is Cc1cc(C)c(N2CCN(C)C(CCO)C2)c(C)c1. The van der Waals surface area contributed by atoms with Crippen LogP contribution in [-0.2, 0) is 0 Å². The van der Waals surface area contributed by atoms with E-state index in [2.05, 4.69) is 49.8 Å². The fourth-order valence-electron chi connectivity index (χ4n) is 3.28. The van der Waals surface area contributed by atoms with Gasteiger partial charge in [-0.3, -0.25) is 4.90 Å². The predicted octanol–water partition coefficient (Wildman–Crippen LogP) is 2.11. The minimum absolute atomic E-state index is 0.273. The minimum atomic E-state index is 0.273. The lowest BCUT2D eigenvalue weighted by atomic mass is 10.0. The second-order valence-corrected chi connectivity index (χ2v) is 5.84. The van der Waals surface area contributed by atoms with E-state index in [1.807, 2.05) is 0 Å². The van der Waals surface area contributed by atoms with Crippen molar-refractivity contribution in [2.45, 2.75) is 33.2 Å². The van der Waals surface area contributed by atoms with Gasteiger partial charge in [0.05, 0.1) is 0 Å². The Hall–Kier alpha value is -1.06. The quantitative estimate of drug-likeness (QED) is 0.904. The van der Waals surface area contributed by atoms with Crippen molar-refractivity contribution < 1.29 is 5.11 Å². The van der Waals surface area contributed by atoms with Gasteiger partial charge in [-0.1, -0.05) is 17.7 Å². The van der Waals surface area contributed by atoms with Gasteiger partial charge in [-0.25, -0.2) is 0 Å². The first-order valence-electron chi connectivity index (χ1n) is 7.17. The number of piperazine rings is 1. The minimum Gasteiger partial charge on any atom is -0.396 e. The number of aliphatic hydroxyl groups is 1. The Morgan fingerprint density at radius 1 is 1.16 bits per heavy atom. The monoisotopic (exact) mass is 262 g/mol. The van der Waals surface area contributed by atoms with Crippen LogP contribution in [0, 0.1) is 20.8 Å². The van der Waals surface area contributed by atoms with Gasteiger partial charge >= 0.3 is 0 Å². The van der Waals surface area contributed by atoms with E-state index in [4.69, 9.17) is 0 Å². The van der Waals surface area contributed by atoms with E-state index < -0.39 is 0 Å². The van der Waals surface area contributed by atoms with Crippen molar-refractivity contribution in [3.63, 3.8) is 0 Å². The summed E-state index contributed by atoms with van der Waals surface area (Å²) in [5.74, 6) is 0. The number of aliphatic hydroxyl groups excluding tert-OH is 1. The van der Waals surface area contributed by atoms with E-state index in [-0.39, 0.29) is 6.61 Å². The topological polar surface area (TPSA) is 26.7 Å². The standard InChI is InChI=1S/C16H26N2O/c1-12-9-13(2)16(14(3)10-12)18-7-6-17(4)15(11-18)5-8-19/h9-10,15,19H,5-8,11H2,1-4H3. The summed E-state index contributed by atoms with van der Waals surface area (Å²) in [7, 11) is 2.16. The summed E-state index contributed by atoms with van der Waals surface area (Å²) in [6, 6.07) is 4.99. The molecule has 1 N–H and O–H groups in total. The van der Waals surface area contributed by atoms with Crippen LogP contribution in [0.4, 0.5) is 5.69 Å². The van der Waals surface area contributed by atoms with Gasteiger partial charge in [-0.15, -0.1) is 0 Å². The van der Waals surface area contributed by atoms with Gasteiger partial charge in [-0.2, -0.15) is 0 Å². The van der Waals surface area contributed by atoms with Crippen molar-refractivity contribution in [3.8, 4) is 0 Å². The Morgan fingerprint density at radius 3 is 2.37 bits per heavy atom. The van der Waals surface area contributed by atoms with Crippen LogP contribution in [0.3, 0.4) is 0 Å². The maximum absolute atomic E-state index is 9.19. The summed E-state index contributed by atoms with van der Waals surface area (Å²) in [6.45, 7) is 9.99. The van der Waals surface area contributed by atoms with Gasteiger partial charge in [0.25, 0.3) is 0 Å². The maximum Gasteiger partial charge on any atom is 0.0446 e. The Balaban J connectivity index is 2.23. The van der Waals surface area contributed by atoms with Crippen molar-refractivity contribution in [1.29, 1.82) is 0 Å². The molecule has 0 radical (unpaired) electrons. The summed E-state index contributed by atoms with van der Waals surface area (Å²) in [5.41, 5.74) is 5.45. The summed E-state index contributed by atoms with van der Waals surface area (Å²) < 4.78 is 0. The molecule has 1 aromatic carbocycles. The Bertz CT molecular complexity index is 421. The number of likely N-dealkylation sites (N-methyl/N-ethyl adjacent to an activating group) is 1.